The summed E-state index contributed by atoms with van der Waals surface area (Å²) in [6.07, 6.45) is 1.19. The number of rotatable bonds is 1. The molecule has 0 radical (unpaired) electrons. The first kappa shape index (κ1) is 11.1. The highest BCUT2D eigenvalue weighted by atomic mass is 16.2. The van der Waals surface area contributed by atoms with Gasteiger partial charge in [0.2, 0.25) is 11.8 Å². The van der Waals surface area contributed by atoms with E-state index in [2.05, 4.69) is 19.2 Å². The number of amides is 2. The zero-order chi connectivity index (χ0) is 12.2. The monoisotopic (exact) mass is 236 g/mol. The van der Waals surface area contributed by atoms with Crippen molar-refractivity contribution in [3.8, 4) is 0 Å². The highest BCUT2D eigenvalue weighted by molar-refractivity contribution is 5.87. The van der Waals surface area contributed by atoms with Crippen LogP contribution in [0.3, 0.4) is 0 Å². The standard InChI is InChI=1S/C13H20N2O2/c1-13(2)9-6-15(7-10(9)13)12(17)8-3-4-14-11(16)5-8/h8-10H,3-7H2,1-2H3,(H,14,16). The molecule has 4 heteroatoms. The molecule has 1 saturated carbocycles. The van der Waals surface area contributed by atoms with Crippen molar-refractivity contribution in [2.75, 3.05) is 19.6 Å². The molecule has 0 aromatic heterocycles. The number of hydrogen-bond donors (Lipinski definition) is 1. The van der Waals surface area contributed by atoms with Gasteiger partial charge >= 0.3 is 0 Å². The van der Waals surface area contributed by atoms with Crippen LogP contribution in [-0.4, -0.2) is 36.3 Å². The molecule has 1 aliphatic carbocycles. The maximum atomic E-state index is 12.3. The molecule has 1 N–H and O–H groups in total. The van der Waals surface area contributed by atoms with Crippen molar-refractivity contribution in [2.45, 2.75) is 26.7 Å². The second-order valence-corrected chi connectivity index (χ2v) is 6.32. The Morgan fingerprint density at radius 3 is 2.59 bits per heavy atom. The zero-order valence-corrected chi connectivity index (χ0v) is 10.5. The van der Waals surface area contributed by atoms with Gasteiger partial charge in [0.05, 0.1) is 0 Å². The van der Waals surface area contributed by atoms with Crippen molar-refractivity contribution in [2.24, 2.45) is 23.2 Å². The first-order valence-electron chi connectivity index (χ1n) is 6.55. The molecule has 94 valence electrons. The van der Waals surface area contributed by atoms with Gasteiger partial charge in [-0.1, -0.05) is 13.8 Å². The fourth-order valence-electron chi connectivity index (χ4n) is 3.56. The molecular formula is C13H20N2O2. The highest BCUT2D eigenvalue weighted by Gasteiger charge is 2.62. The molecule has 4 nitrogen and oxygen atoms in total. The summed E-state index contributed by atoms with van der Waals surface area (Å²) in [5.41, 5.74) is 0.445. The number of carbonyl (C=O) groups is 2. The fourth-order valence-corrected chi connectivity index (χ4v) is 3.56. The Morgan fingerprint density at radius 2 is 2.00 bits per heavy atom. The van der Waals surface area contributed by atoms with Crippen LogP contribution in [0.5, 0.6) is 0 Å². The molecular weight excluding hydrogens is 216 g/mol. The van der Waals surface area contributed by atoms with Crippen LogP contribution in [0.15, 0.2) is 0 Å². The lowest BCUT2D eigenvalue weighted by molar-refractivity contribution is -0.139. The van der Waals surface area contributed by atoms with Crippen LogP contribution < -0.4 is 5.32 Å². The molecule has 3 unspecified atom stereocenters. The van der Waals surface area contributed by atoms with Crippen LogP contribution in [0.2, 0.25) is 0 Å². The Hall–Kier alpha value is -1.06. The van der Waals surface area contributed by atoms with Crippen molar-refractivity contribution in [3.05, 3.63) is 0 Å². The van der Waals surface area contributed by atoms with Crippen LogP contribution in [-0.2, 0) is 9.59 Å². The molecule has 0 bridgehead atoms. The van der Waals surface area contributed by atoms with Gasteiger partial charge in [-0.25, -0.2) is 0 Å². The lowest BCUT2D eigenvalue weighted by atomic mass is 9.95. The third-order valence-electron chi connectivity index (χ3n) is 5.03. The van der Waals surface area contributed by atoms with E-state index >= 15 is 0 Å². The van der Waals surface area contributed by atoms with Gasteiger partial charge in [0.15, 0.2) is 0 Å². The lowest BCUT2D eigenvalue weighted by Gasteiger charge is -2.28. The SMILES string of the molecule is CC1(C)C2CN(C(=O)C3CCNC(=O)C3)CC21. The number of fused-ring (bicyclic) bond motifs is 1. The number of piperidine rings is 2. The molecule has 17 heavy (non-hydrogen) atoms. The molecule has 0 aromatic carbocycles. The quantitative estimate of drug-likeness (QED) is 0.726. The van der Waals surface area contributed by atoms with E-state index in [0.29, 0.717) is 30.2 Å². The summed E-state index contributed by atoms with van der Waals surface area (Å²) >= 11 is 0. The van der Waals surface area contributed by atoms with Crippen molar-refractivity contribution >= 4 is 11.8 Å². The summed E-state index contributed by atoms with van der Waals surface area (Å²) in [4.78, 5) is 25.5. The number of hydrogen-bond acceptors (Lipinski definition) is 2. The minimum Gasteiger partial charge on any atom is -0.356 e. The maximum absolute atomic E-state index is 12.3. The second-order valence-electron chi connectivity index (χ2n) is 6.32. The van der Waals surface area contributed by atoms with Gasteiger partial charge in [0, 0.05) is 32.0 Å². The van der Waals surface area contributed by atoms with E-state index in [1.165, 1.54) is 0 Å². The summed E-state index contributed by atoms with van der Waals surface area (Å²) < 4.78 is 0. The van der Waals surface area contributed by atoms with Gasteiger partial charge in [-0.3, -0.25) is 9.59 Å². The third kappa shape index (κ3) is 1.65. The van der Waals surface area contributed by atoms with E-state index in [9.17, 15) is 9.59 Å². The van der Waals surface area contributed by atoms with E-state index in [1.807, 2.05) is 4.90 Å². The Kier molecular flexibility index (Phi) is 2.25. The van der Waals surface area contributed by atoms with E-state index in [0.717, 1.165) is 19.5 Å². The Morgan fingerprint density at radius 1 is 1.35 bits per heavy atom. The van der Waals surface area contributed by atoms with E-state index in [4.69, 9.17) is 0 Å². The van der Waals surface area contributed by atoms with Gasteiger partial charge in [0.25, 0.3) is 0 Å². The Bertz CT molecular complexity index is 364. The van der Waals surface area contributed by atoms with E-state index < -0.39 is 0 Å². The summed E-state index contributed by atoms with van der Waals surface area (Å²) in [6.45, 7) is 7.06. The molecule has 3 rings (SSSR count). The van der Waals surface area contributed by atoms with Crippen LogP contribution in [0.25, 0.3) is 0 Å². The topological polar surface area (TPSA) is 49.4 Å². The summed E-state index contributed by atoms with van der Waals surface area (Å²) in [7, 11) is 0. The van der Waals surface area contributed by atoms with Crippen LogP contribution >= 0.6 is 0 Å². The zero-order valence-electron chi connectivity index (χ0n) is 10.5. The minimum absolute atomic E-state index is 0.0271. The molecule has 3 atom stereocenters. The number of nitrogens with one attached hydrogen (secondary N) is 1. The Balaban J connectivity index is 1.60. The van der Waals surface area contributed by atoms with Gasteiger partial charge in [-0.15, -0.1) is 0 Å². The lowest BCUT2D eigenvalue weighted by Crippen LogP contribution is -2.43. The van der Waals surface area contributed by atoms with Crippen LogP contribution in [0.1, 0.15) is 26.7 Å². The molecule has 3 fully saturated rings. The van der Waals surface area contributed by atoms with Crippen LogP contribution in [0.4, 0.5) is 0 Å². The first-order valence-corrected chi connectivity index (χ1v) is 6.55. The maximum Gasteiger partial charge on any atom is 0.226 e. The minimum atomic E-state index is -0.0654. The largest absolute Gasteiger partial charge is 0.356 e. The summed E-state index contributed by atoms with van der Waals surface area (Å²) in [5.74, 6) is 1.57. The molecule has 2 heterocycles. The van der Waals surface area contributed by atoms with Crippen molar-refractivity contribution < 1.29 is 9.59 Å². The highest BCUT2D eigenvalue weighted by Crippen LogP contribution is 2.62. The average molecular weight is 236 g/mol. The first-order chi connectivity index (χ1) is 8.00. The molecule has 0 spiro atoms. The normalized spacial score (nSPS) is 38.6. The third-order valence-corrected chi connectivity index (χ3v) is 5.03. The van der Waals surface area contributed by atoms with Crippen molar-refractivity contribution in [1.82, 2.24) is 10.2 Å². The van der Waals surface area contributed by atoms with E-state index in [-0.39, 0.29) is 17.7 Å². The number of likely N-dealkylation sites (tertiary alicyclic amines) is 1. The summed E-state index contributed by atoms with van der Waals surface area (Å²) in [6, 6.07) is 0. The van der Waals surface area contributed by atoms with Gasteiger partial charge < -0.3 is 10.2 Å². The predicted molar refractivity (Wildman–Crippen MR) is 63.1 cm³/mol. The van der Waals surface area contributed by atoms with Gasteiger partial charge in [-0.2, -0.15) is 0 Å². The Labute approximate surface area is 102 Å². The van der Waals surface area contributed by atoms with Crippen molar-refractivity contribution in [3.63, 3.8) is 0 Å². The van der Waals surface area contributed by atoms with Gasteiger partial charge in [-0.05, 0) is 23.7 Å². The van der Waals surface area contributed by atoms with Crippen molar-refractivity contribution in [1.29, 1.82) is 0 Å². The molecule has 2 aliphatic heterocycles. The van der Waals surface area contributed by atoms with Gasteiger partial charge in [0.1, 0.15) is 0 Å². The average Bonchev–Trinajstić information content (AvgIpc) is 2.70. The smallest absolute Gasteiger partial charge is 0.226 e. The number of nitrogens with zero attached hydrogens (tertiary/aromatic N) is 1. The summed E-state index contributed by atoms with van der Waals surface area (Å²) in [5, 5.41) is 2.78. The van der Waals surface area contributed by atoms with E-state index in [1.54, 1.807) is 0 Å². The molecule has 3 aliphatic rings. The molecule has 0 aromatic rings. The van der Waals surface area contributed by atoms with Crippen LogP contribution in [0, 0.1) is 23.2 Å². The number of carbonyl (C=O) groups excluding carboxylic acids is 2. The second kappa shape index (κ2) is 3.47. The fraction of sp³-hybridized carbons (Fsp3) is 0.846. The predicted octanol–water partition coefficient (Wildman–Crippen LogP) is 0.627. The molecule has 2 amide bonds. The molecule has 2 saturated heterocycles.